The van der Waals surface area contributed by atoms with Gasteiger partial charge in [-0.1, -0.05) is 12.1 Å². The topological polar surface area (TPSA) is 74.3 Å². The van der Waals surface area contributed by atoms with Crippen LogP contribution in [-0.2, 0) is 4.79 Å². The predicted molar refractivity (Wildman–Crippen MR) is 142 cm³/mol. The van der Waals surface area contributed by atoms with Crippen LogP contribution in [0.25, 0.3) is 10.1 Å². The summed E-state index contributed by atoms with van der Waals surface area (Å²) in [7, 11) is 0. The zero-order chi connectivity index (χ0) is 24.5. The first kappa shape index (κ1) is 23.6. The number of aliphatic hydroxyl groups excluding tert-OH is 1. The number of fused-ring (bicyclic) bond motifs is 2. The molecule has 2 aromatic carbocycles. The number of amides is 1. The number of hydrogen-bond acceptors (Lipinski definition) is 7. The molecule has 6 rings (SSSR count). The van der Waals surface area contributed by atoms with Crippen molar-refractivity contribution < 1.29 is 19.4 Å². The lowest BCUT2D eigenvalue weighted by atomic mass is 9.99. The summed E-state index contributed by atoms with van der Waals surface area (Å²) < 4.78 is 12.6. The van der Waals surface area contributed by atoms with Crippen molar-refractivity contribution in [3.63, 3.8) is 0 Å². The van der Waals surface area contributed by atoms with Crippen LogP contribution in [0.4, 0.5) is 5.69 Å². The van der Waals surface area contributed by atoms with Crippen LogP contribution in [0, 0.1) is 5.92 Å². The smallest absolute Gasteiger partial charge is 0.225 e. The Hall–Kier alpha value is -2.81. The Kier molecular flexibility index (Phi) is 6.73. The van der Waals surface area contributed by atoms with Crippen molar-refractivity contribution in [1.82, 2.24) is 10.2 Å². The summed E-state index contributed by atoms with van der Waals surface area (Å²) in [6.45, 7) is 5.22. The number of hydrogen-bond donors (Lipinski definition) is 2. The normalized spacial score (nSPS) is 21.6. The number of aliphatic hydroxyl groups is 1. The Morgan fingerprint density at radius 3 is 2.75 bits per heavy atom. The van der Waals surface area contributed by atoms with Crippen molar-refractivity contribution in [3.05, 3.63) is 53.4 Å². The van der Waals surface area contributed by atoms with Crippen molar-refractivity contribution in [2.24, 2.45) is 5.92 Å². The molecule has 2 N–H and O–H groups in total. The molecule has 7 nitrogen and oxygen atoms in total. The average molecular weight is 508 g/mol. The third kappa shape index (κ3) is 4.90. The van der Waals surface area contributed by atoms with Crippen LogP contribution in [-0.4, -0.2) is 67.9 Å². The summed E-state index contributed by atoms with van der Waals surface area (Å²) in [6, 6.07) is 13.8. The van der Waals surface area contributed by atoms with Crippen LogP contribution in [0.1, 0.15) is 30.9 Å². The number of benzene rings is 2. The molecular weight excluding hydrogens is 474 g/mol. The fraction of sp³-hybridized carbons (Fsp3) is 0.464. The number of carbonyl (C=O) groups is 1. The SMILES string of the molecule is O=C(NC(CN1CCCC1)C(O)c1ccc2c(c1)OCCO2)[C@H]1CCN(c2ccc3ccsc3c2)C1. The Bertz CT molecular complexity index is 1220. The molecule has 2 saturated heterocycles. The first-order chi connectivity index (χ1) is 17.6. The highest BCUT2D eigenvalue weighted by Gasteiger charge is 2.33. The third-order valence-electron chi connectivity index (χ3n) is 7.63. The lowest BCUT2D eigenvalue weighted by molar-refractivity contribution is -0.126. The minimum absolute atomic E-state index is 0.0236. The second kappa shape index (κ2) is 10.3. The highest BCUT2D eigenvalue weighted by molar-refractivity contribution is 7.17. The van der Waals surface area contributed by atoms with E-state index in [0.29, 0.717) is 37.8 Å². The van der Waals surface area contributed by atoms with E-state index in [1.54, 1.807) is 11.3 Å². The molecule has 4 heterocycles. The van der Waals surface area contributed by atoms with Gasteiger partial charge in [0, 0.05) is 30.0 Å². The molecule has 3 aliphatic heterocycles. The van der Waals surface area contributed by atoms with Crippen LogP contribution >= 0.6 is 11.3 Å². The van der Waals surface area contributed by atoms with E-state index in [-0.39, 0.29) is 11.8 Å². The van der Waals surface area contributed by atoms with Gasteiger partial charge in [0.2, 0.25) is 5.91 Å². The molecule has 3 aromatic rings. The highest BCUT2D eigenvalue weighted by Crippen LogP contribution is 2.34. The molecule has 0 bridgehead atoms. The molecule has 3 aliphatic rings. The maximum absolute atomic E-state index is 13.4. The molecule has 3 atom stereocenters. The second-order valence-electron chi connectivity index (χ2n) is 10.0. The van der Waals surface area contributed by atoms with E-state index in [4.69, 9.17) is 9.47 Å². The van der Waals surface area contributed by atoms with Gasteiger partial charge >= 0.3 is 0 Å². The summed E-state index contributed by atoms with van der Waals surface area (Å²) in [5, 5.41) is 18.0. The minimum atomic E-state index is -0.830. The summed E-state index contributed by atoms with van der Waals surface area (Å²) in [5.74, 6) is 1.27. The molecule has 0 spiro atoms. The van der Waals surface area contributed by atoms with E-state index in [9.17, 15) is 9.90 Å². The number of anilines is 1. The van der Waals surface area contributed by atoms with Crippen LogP contribution in [0.15, 0.2) is 47.8 Å². The number of likely N-dealkylation sites (tertiary alicyclic amines) is 1. The molecule has 1 aromatic heterocycles. The standard InChI is InChI=1S/C28H33N3O4S/c32-27(20-4-6-24-25(15-20)35-13-12-34-24)23(18-30-9-1-2-10-30)29-28(33)21-7-11-31(17-21)22-5-3-19-8-14-36-26(19)16-22/h3-6,8,14-16,21,23,27,32H,1-2,7,9-13,17-18H2,(H,29,33)/t21-,23?,27?/m0/s1. The summed E-state index contributed by atoms with van der Waals surface area (Å²) in [5.41, 5.74) is 1.91. The van der Waals surface area contributed by atoms with Crippen LogP contribution in [0.2, 0.25) is 0 Å². The number of carbonyl (C=O) groups excluding carboxylic acids is 1. The predicted octanol–water partition coefficient (Wildman–Crippen LogP) is 3.81. The Morgan fingerprint density at radius 1 is 1.06 bits per heavy atom. The van der Waals surface area contributed by atoms with Crippen molar-refractivity contribution >= 4 is 33.0 Å². The molecule has 8 heteroatoms. The molecule has 36 heavy (non-hydrogen) atoms. The zero-order valence-electron chi connectivity index (χ0n) is 20.4. The summed E-state index contributed by atoms with van der Waals surface area (Å²) in [6.07, 6.45) is 2.30. The molecule has 2 fully saturated rings. The lowest BCUT2D eigenvalue weighted by Crippen LogP contribution is -2.48. The maximum Gasteiger partial charge on any atom is 0.225 e. The van der Waals surface area contributed by atoms with Gasteiger partial charge < -0.3 is 29.7 Å². The molecule has 0 radical (unpaired) electrons. The zero-order valence-corrected chi connectivity index (χ0v) is 21.2. The molecule has 2 unspecified atom stereocenters. The number of nitrogens with zero attached hydrogens (tertiary/aromatic N) is 2. The van der Waals surface area contributed by atoms with Crippen LogP contribution in [0.3, 0.4) is 0 Å². The fourth-order valence-corrected chi connectivity index (χ4v) is 6.42. The van der Waals surface area contributed by atoms with Gasteiger partial charge in [0.1, 0.15) is 19.3 Å². The maximum atomic E-state index is 13.4. The van der Waals surface area contributed by atoms with Gasteiger partial charge in [0.15, 0.2) is 11.5 Å². The third-order valence-corrected chi connectivity index (χ3v) is 8.51. The van der Waals surface area contributed by atoms with E-state index in [1.165, 1.54) is 15.8 Å². The van der Waals surface area contributed by atoms with Gasteiger partial charge in [0.25, 0.3) is 0 Å². The monoisotopic (exact) mass is 507 g/mol. The van der Waals surface area contributed by atoms with Gasteiger partial charge in [-0.15, -0.1) is 11.3 Å². The largest absolute Gasteiger partial charge is 0.486 e. The average Bonchev–Trinajstić information content (AvgIpc) is 3.69. The quantitative estimate of drug-likeness (QED) is 0.507. The Balaban J connectivity index is 1.15. The first-order valence-electron chi connectivity index (χ1n) is 13.0. The molecule has 0 aliphatic carbocycles. The molecular formula is C28H33N3O4S. The van der Waals surface area contributed by atoms with Crippen molar-refractivity contribution in [3.8, 4) is 11.5 Å². The van der Waals surface area contributed by atoms with Crippen molar-refractivity contribution in [2.75, 3.05) is 50.8 Å². The summed E-state index contributed by atoms with van der Waals surface area (Å²) >= 11 is 1.75. The van der Waals surface area contributed by atoms with Gasteiger partial charge in [-0.3, -0.25) is 4.79 Å². The Morgan fingerprint density at radius 2 is 1.89 bits per heavy atom. The first-order valence-corrected chi connectivity index (χ1v) is 13.8. The second-order valence-corrected chi connectivity index (χ2v) is 11.0. The van der Waals surface area contributed by atoms with Crippen LogP contribution < -0.4 is 19.7 Å². The van der Waals surface area contributed by atoms with E-state index in [1.807, 2.05) is 18.2 Å². The van der Waals surface area contributed by atoms with E-state index < -0.39 is 12.1 Å². The molecule has 0 saturated carbocycles. The fourth-order valence-electron chi connectivity index (χ4n) is 5.59. The van der Waals surface area contributed by atoms with Gasteiger partial charge in [-0.05, 0) is 79.0 Å². The van der Waals surface area contributed by atoms with Crippen molar-refractivity contribution in [2.45, 2.75) is 31.4 Å². The van der Waals surface area contributed by atoms with Gasteiger partial charge in [-0.2, -0.15) is 0 Å². The number of nitrogens with one attached hydrogen (secondary N) is 1. The number of rotatable bonds is 7. The highest BCUT2D eigenvalue weighted by atomic mass is 32.1. The number of thiophene rings is 1. The van der Waals surface area contributed by atoms with Gasteiger partial charge in [-0.25, -0.2) is 0 Å². The minimum Gasteiger partial charge on any atom is -0.486 e. The van der Waals surface area contributed by atoms with Gasteiger partial charge in [0.05, 0.1) is 12.0 Å². The van der Waals surface area contributed by atoms with E-state index in [0.717, 1.165) is 44.5 Å². The Labute approximate surface area is 215 Å². The number of ether oxygens (including phenoxy) is 2. The van der Waals surface area contributed by atoms with E-state index >= 15 is 0 Å². The lowest BCUT2D eigenvalue weighted by Gasteiger charge is -2.30. The molecule has 190 valence electrons. The van der Waals surface area contributed by atoms with Crippen molar-refractivity contribution in [1.29, 1.82) is 0 Å². The summed E-state index contributed by atoms with van der Waals surface area (Å²) in [4.78, 5) is 18.1. The molecule has 1 amide bonds. The van der Waals surface area contributed by atoms with E-state index in [2.05, 4.69) is 44.8 Å². The van der Waals surface area contributed by atoms with Crippen LogP contribution in [0.5, 0.6) is 11.5 Å².